The van der Waals surface area contributed by atoms with Gasteiger partial charge in [0.1, 0.15) is 11.9 Å². The van der Waals surface area contributed by atoms with E-state index in [2.05, 4.69) is 0 Å². The van der Waals surface area contributed by atoms with Crippen molar-refractivity contribution in [3.63, 3.8) is 0 Å². The fourth-order valence-electron chi connectivity index (χ4n) is 1.77. The summed E-state index contributed by atoms with van der Waals surface area (Å²) in [6.45, 7) is 0.473. The summed E-state index contributed by atoms with van der Waals surface area (Å²) in [5.74, 6) is -0.709. The first kappa shape index (κ1) is 10.6. The number of carbonyl (C=O) groups excluding carboxylic acids is 1. The van der Waals surface area contributed by atoms with Gasteiger partial charge in [-0.25, -0.2) is 4.39 Å². The van der Waals surface area contributed by atoms with E-state index in [1.165, 1.54) is 17.0 Å². The van der Waals surface area contributed by atoms with Gasteiger partial charge in [0.2, 0.25) is 5.91 Å². The summed E-state index contributed by atoms with van der Waals surface area (Å²) in [7, 11) is 0. The highest BCUT2D eigenvalue weighted by molar-refractivity contribution is 6.00. The van der Waals surface area contributed by atoms with Gasteiger partial charge < -0.3 is 10.6 Å². The molecule has 0 aromatic heterocycles. The number of rotatable bonds is 1. The quantitative estimate of drug-likeness (QED) is 0.758. The van der Waals surface area contributed by atoms with Crippen LogP contribution in [0.25, 0.3) is 0 Å². The molecule has 1 aliphatic rings. The Bertz CT molecular complexity index is 481. The number of amides is 1. The van der Waals surface area contributed by atoms with Crippen LogP contribution >= 0.6 is 0 Å². The van der Waals surface area contributed by atoms with Crippen LogP contribution in [0.1, 0.15) is 12.0 Å². The van der Waals surface area contributed by atoms with Crippen molar-refractivity contribution in [1.29, 1.82) is 5.26 Å². The SMILES string of the molecule is N#Cc1cc(F)ccc1N1CCC(N)C1=O. The number of nitriles is 1. The molecule has 82 valence electrons. The third kappa shape index (κ3) is 1.64. The third-order valence-corrected chi connectivity index (χ3v) is 2.62. The van der Waals surface area contributed by atoms with Gasteiger partial charge >= 0.3 is 0 Å². The number of benzene rings is 1. The van der Waals surface area contributed by atoms with E-state index < -0.39 is 11.9 Å². The summed E-state index contributed by atoms with van der Waals surface area (Å²) in [6.07, 6.45) is 0.557. The molecular weight excluding hydrogens is 209 g/mol. The number of anilines is 1. The molecule has 1 aromatic rings. The van der Waals surface area contributed by atoms with Crippen LogP contribution in [0, 0.1) is 17.1 Å². The predicted octanol–water partition coefficient (Wildman–Crippen LogP) is 0.761. The van der Waals surface area contributed by atoms with Gasteiger partial charge in [0.15, 0.2) is 0 Å². The first-order valence-electron chi connectivity index (χ1n) is 4.90. The van der Waals surface area contributed by atoms with Gasteiger partial charge in [0, 0.05) is 6.54 Å². The summed E-state index contributed by atoms with van der Waals surface area (Å²) in [4.78, 5) is 13.1. The van der Waals surface area contributed by atoms with Crippen LogP contribution in [0.15, 0.2) is 18.2 Å². The predicted molar refractivity (Wildman–Crippen MR) is 56.1 cm³/mol. The molecule has 0 spiro atoms. The van der Waals surface area contributed by atoms with E-state index in [-0.39, 0.29) is 11.5 Å². The maximum Gasteiger partial charge on any atom is 0.244 e. The van der Waals surface area contributed by atoms with Crippen LogP contribution in [0.3, 0.4) is 0 Å². The molecule has 2 rings (SSSR count). The second-order valence-corrected chi connectivity index (χ2v) is 3.66. The lowest BCUT2D eigenvalue weighted by atomic mass is 10.1. The Hall–Kier alpha value is -1.93. The third-order valence-electron chi connectivity index (χ3n) is 2.62. The Kier molecular flexibility index (Phi) is 2.59. The van der Waals surface area contributed by atoms with E-state index >= 15 is 0 Å². The fraction of sp³-hybridized carbons (Fsp3) is 0.273. The molecule has 0 saturated carbocycles. The van der Waals surface area contributed by atoms with E-state index in [1.54, 1.807) is 0 Å². The molecule has 0 radical (unpaired) electrons. The monoisotopic (exact) mass is 219 g/mol. The molecule has 1 saturated heterocycles. The summed E-state index contributed by atoms with van der Waals surface area (Å²) < 4.78 is 12.9. The van der Waals surface area contributed by atoms with Crippen molar-refractivity contribution in [1.82, 2.24) is 0 Å². The van der Waals surface area contributed by atoms with E-state index in [0.29, 0.717) is 18.7 Å². The molecule has 1 aromatic carbocycles. The van der Waals surface area contributed by atoms with Crippen molar-refractivity contribution in [2.75, 3.05) is 11.4 Å². The Morgan fingerprint density at radius 3 is 2.88 bits per heavy atom. The topological polar surface area (TPSA) is 70.1 Å². The number of hydrogen-bond acceptors (Lipinski definition) is 3. The normalized spacial score (nSPS) is 19.9. The Morgan fingerprint density at radius 2 is 2.31 bits per heavy atom. The average molecular weight is 219 g/mol. The zero-order chi connectivity index (χ0) is 11.7. The summed E-state index contributed by atoms with van der Waals surface area (Å²) in [5.41, 5.74) is 6.17. The minimum Gasteiger partial charge on any atom is -0.320 e. The molecule has 0 aliphatic carbocycles. The van der Waals surface area contributed by atoms with Crippen LogP contribution in [-0.2, 0) is 4.79 Å². The van der Waals surface area contributed by atoms with Crippen molar-refractivity contribution in [3.05, 3.63) is 29.6 Å². The highest BCUT2D eigenvalue weighted by atomic mass is 19.1. The molecule has 1 amide bonds. The molecule has 1 heterocycles. The summed E-state index contributed by atoms with van der Waals surface area (Å²) in [5, 5.41) is 8.87. The highest BCUT2D eigenvalue weighted by Crippen LogP contribution is 2.25. The van der Waals surface area contributed by atoms with E-state index in [1.807, 2.05) is 6.07 Å². The minimum atomic E-state index is -0.517. The number of hydrogen-bond donors (Lipinski definition) is 1. The zero-order valence-electron chi connectivity index (χ0n) is 8.48. The summed E-state index contributed by atoms with van der Waals surface area (Å²) >= 11 is 0. The number of carbonyl (C=O) groups is 1. The van der Waals surface area contributed by atoms with Gasteiger partial charge in [0.05, 0.1) is 17.3 Å². The molecule has 1 unspecified atom stereocenters. The molecule has 16 heavy (non-hydrogen) atoms. The molecule has 1 aliphatic heterocycles. The van der Waals surface area contributed by atoms with Crippen LogP contribution in [0.4, 0.5) is 10.1 Å². The van der Waals surface area contributed by atoms with Gasteiger partial charge in [-0.1, -0.05) is 0 Å². The maximum atomic E-state index is 12.9. The Balaban J connectivity index is 2.42. The largest absolute Gasteiger partial charge is 0.320 e. The lowest BCUT2D eigenvalue weighted by molar-refractivity contribution is -0.118. The molecule has 4 nitrogen and oxygen atoms in total. The van der Waals surface area contributed by atoms with Crippen LogP contribution in [-0.4, -0.2) is 18.5 Å². The van der Waals surface area contributed by atoms with Gasteiger partial charge in [-0.3, -0.25) is 4.79 Å². The minimum absolute atomic E-state index is 0.155. The second kappa shape index (κ2) is 3.91. The number of nitrogens with two attached hydrogens (primary N) is 1. The molecule has 1 atom stereocenters. The average Bonchev–Trinajstić information content (AvgIpc) is 2.60. The van der Waals surface area contributed by atoms with Gasteiger partial charge in [0.25, 0.3) is 0 Å². The number of halogens is 1. The molecular formula is C11H10FN3O. The fourth-order valence-corrected chi connectivity index (χ4v) is 1.77. The Morgan fingerprint density at radius 1 is 1.56 bits per heavy atom. The Labute approximate surface area is 92.1 Å². The van der Waals surface area contributed by atoms with Gasteiger partial charge in [-0.05, 0) is 24.6 Å². The first-order chi connectivity index (χ1) is 7.63. The van der Waals surface area contributed by atoms with E-state index in [0.717, 1.165) is 6.07 Å². The van der Waals surface area contributed by atoms with Crippen LogP contribution in [0.5, 0.6) is 0 Å². The standard InChI is InChI=1S/C11H10FN3O/c12-8-1-2-10(7(5-8)6-13)15-4-3-9(14)11(15)16/h1-2,5,9H,3-4,14H2. The van der Waals surface area contributed by atoms with Crippen LogP contribution < -0.4 is 10.6 Å². The van der Waals surface area contributed by atoms with Crippen molar-refractivity contribution in [2.45, 2.75) is 12.5 Å². The molecule has 1 fully saturated rings. The van der Waals surface area contributed by atoms with Gasteiger partial charge in [-0.15, -0.1) is 0 Å². The van der Waals surface area contributed by atoms with E-state index in [9.17, 15) is 9.18 Å². The van der Waals surface area contributed by atoms with Crippen LogP contribution in [0.2, 0.25) is 0 Å². The highest BCUT2D eigenvalue weighted by Gasteiger charge is 2.30. The van der Waals surface area contributed by atoms with Gasteiger partial charge in [-0.2, -0.15) is 5.26 Å². The lowest BCUT2D eigenvalue weighted by Crippen LogP contribution is -2.34. The molecule has 2 N–H and O–H groups in total. The van der Waals surface area contributed by atoms with Crippen molar-refractivity contribution in [3.8, 4) is 6.07 Å². The molecule has 5 heteroatoms. The van der Waals surface area contributed by atoms with Crippen molar-refractivity contribution >= 4 is 11.6 Å². The molecule has 0 bridgehead atoms. The number of nitrogens with zero attached hydrogens (tertiary/aromatic N) is 2. The van der Waals surface area contributed by atoms with E-state index in [4.69, 9.17) is 11.0 Å². The smallest absolute Gasteiger partial charge is 0.244 e. The van der Waals surface area contributed by atoms with Crippen molar-refractivity contribution < 1.29 is 9.18 Å². The summed E-state index contributed by atoms with van der Waals surface area (Å²) in [6, 6.07) is 5.14. The first-order valence-corrected chi connectivity index (χ1v) is 4.90. The van der Waals surface area contributed by atoms with Crippen molar-refractivity contribution in [2.24, 2.45) is 5.73 Å². The lowest BCUT2D eigenvalue weighted by Gasteiger charge is -2.17. The second-order valence-electron chi connectivity index (χ2n) is 3.66. The zero-order valence-corrected chi connectivity index (χ0v) is 8.48. The maximum absolute atomic E-state index is 12.9.